The normalized spacial score (nSPS) is 15.0. The summed E-state index contributed by atoms with van der Waals surface area (Å²) in [4.78, 5) is 29.1. The predicted molar refractivity (Wildman–Crippen MR) is 101 cm³/mol. The number of aliphatic hydroxyl groups is 1. The van der Waals surface area contributed by atoms with E-state index < -0.39 is 21.8 Å². The molecule has 1 aliphatic heterocycles. The standard InChI is InChI=1S/C17H17N3O5S2/c1-19(8-9-21)15-14(13-3-2-10-26-13)16(22)20(17(15)23)11-4-6-12(7-5-11)27(18,24)25/h2-7,10,21H,8-9H2,1H3,(H2,18,24,25). The van der Waals surface area contributed by atoms with Crippen molar-refractivity contribution in [3.63, 3.8) is 0 Å². The van der Waals surface area contributed by atoms with Crippen LogP contribution < -0.4 is 10.0 Å². The molecule has 0 unspecified atom stereocenters. The SMILES string of the molecule is CN(CCO)C1=C(c2cccs2)C(=O)N(c2ccc(S(N)(=O)=O)cc2)C1=O. The Balaban J connectivity index is 2.06. The highest BCUT2D eigenvalue weighted by Gasteiger charge is 2.42. The number of carbonyl (C=O) groups is 2. The number of amides is 2. The van der Waals surface area contributed by atoms with Crippen LogP contribution in [0.1, 0.15) is 4.88 Å². The first-order valence-corrected chi connectivity index (χ1v) is 10.3. The lowest BCUT2D eigenvalue weighted by molar-refractivity contribution is -0.120. The van der Waals surface area contributed by atoms with Gasteiger partial charge in [0.1, 0.15) is 5.70 Å². The summed E-state index contributed by atoms with van der Waals surface area (Å²) in [5.74, 6) is -1.05. The van der Waals surface area contributed by atoms with Crippen molar-refractivity contribution in [2.75, 3.05) is 25.1 Å². The minimum atomic E-state index is -3.88. The van der Waals surface area contributed by atoms with Gasteiger partial charge in [-0.2, -0.15) is 0 Å². The minimum Gasteiger partial charge on any atom is -0.395 e. The molecule has 1 aromatic carbocycles. The van der Waals surface area contributed by atoms with E-state index in [1.54, 1.807) is 24.6 Å². The Morgan fingerprint density at radius 2 is 1.81 bits per heavy atom. The van der Waals surface area contributed by atoms with Crippen LogP contribution in [0.4, 0.5) is 5.69 Å². The number of thiophene rings is 1. The number of rotatable bonds is 6. The van der Waals surface area contributed by atoms with Crippen LogP contribution in [-0.4, -0.2) is 50.4 Å². The van der Waals surface area contributed by atoms with Crippen molar-refractivity contribution in [3.8, 4) is 0 Å². The third-order valence-corrected chi connectivity index (χ3v) is 5.88. The number of anilines is 1. The second-order valence-corrected chi connectivity index (χ2v) is 8.34. The van der Waals surface area contributed by atoms with E-state index in [9.17, 15) is 23.1 Å². The summed E-state index contributed by atoms with van der Waals surface area (Å²) >= 11 is 1.33. The van der Waals surface area contributed by atoms with Gasteiger partial charge in [-0.05, 0) is 35.7 Å². The van der Waals surface area contributed by atoms with Gasteiger partial charge in [-0.1, -0.05) is 6.07 Å². The molecule has 1 aromatic heterocycles. The number of hydrogen-bond donors (Lipinski definition) is 2. The second kappa shape index (κ2) is 7.24. The van der Waals surface area contributed by atoms with Crippen LogP contribution >= 0.6 is 11.3 Å². The molecule has 2 amide bonds. The van der Waals surface area contributed by atoms with Crippen LogP contribution in [0.5, 0.6) is 0 Å². The van der Waals surface area contributed by atoms with Crippen molar-refractivity contribution in [1.29, 1.82) is 0 Å². The van der Waals surface area contributed by atoms with Crippen molar-refractivity contribution >= 4 is 44.4 Å². The van der Waals surface area contributed by atoms with Crippen molar-refractivity contribution in [1.82, 2.24) is 4.90 Å². The van der Waals surface area contributed by atoms with E-state index in [-0.39, 0.29) is 35.0 Å². The fraction of sp³-hybridized carbons (Fsp3) is 0.176. The Labute approximate surface area is 160 Å². The van der Waals surface area contributed by atoms with E-state index in [2.05, 4.69) is 0 Å². The lowest BCUT2D eigenvalue weighted by Crippen LogP contribution is -2.34. The lowest BCUT2D eigenvalue weighted by atomic mass is 10.2. The summed E-state index contributed by atoms with van der Waals surface area (Å²) in [5, 5.41) is 16.1. The van der Waals surface area contributed by atoms with Crippen LogP contribution in [0.2, 0.25) is 0 Å². The number of sulfonamides is 1. The quantitative estimate of drug-likeness (QED) is 0.677. The summed E-state index contributed by atoms with van der Waals surface area (Å²) in [5.41, 5.74) is 0.673. The summed E-state index contributed by atoms with van der Waals surface area (Å²) in [6, 6.07) is 8.72. The lowest BCUT2D eigenvalue weighted by Gasteiger charge is -2.20. The van der Waals surface area contributed by atoms with Crippen molar-refractivity contribution in [2.45, 2.75) is 4.90 Å². The Hall–Kier alpha value is -2.53. The molecule has 3 rings (SSSR count). The predicted octanol–water partition coefficient (Wildman–Crippen LogP) is 0.604. The molecule has 1 aliphatic rings. The van der Waals surface area contributed by atoms with Gasteiger partial charge in [0, 0.05) is 18.5 Å². The van der Waals surface area contributed by atoms with Gasteiger partial charge in [0.2, 0.25) is 10.0 Å². The van der Waals surface area contributed by atoms with E-state index >= 15 is 0 Å². The third-order valence-electron chi connectivity index (χ3n) is 4.07. The molecule has 0 saturated carbocycles. The third kappa shape index (κ3) is 3.52. The van der Waals surface area contributed by atoms with Crippen LogP contribution in [0, 0.1) is 0 Å². The summed E-state index contributed by atoms with van der Waals surface area (Å²) in [6.45, 7) is 0.00364. The van der Waals surface area contributed by atoms with Crippen LogP contribution in [0.3, 0.4) is 0 Å². The highest BCUT2D eigenvalue weighted by Crippen LogP contribution is 2.36. The van der Waals surface area contributed by atoms with E-state index in [0.29, 0.717) is 4.88 Å². The fourth-order valence-electron chi connectivity index (χ4n) is 2.80. The first-order chi connectivity index (χ1) is 12.8. The van der Waals surface area contributed by atoms with Crippen LogP contribution in [0.25, 0.3) is 5.57 Å². The van der Waals surface area contributed by atoms with Gasteiger partial charge < -0.3 is 10.0 Å². The molecule has 0 atom stereocenters. The van der Waals surface area contributed by atoms with Crippen LogP contribution in [-0.2, 0) is 19.6 Å². The highest BCUT2D eigenvalue weighted by atomic mass is 32.2. The Kier molecular flexibility index (Phi) is 5.16. The summed E-state index contributed by atoms with van der Waals surface area (Å²) < 4.78 is 22.8. The number of primary sulfonamides is 1. The molecule has 0 spiro atoms. The molecule has 2 aromatic rings. The molecule has 0 radical (unpaired) electrons. The number of aliphatic hydroxyl groups excluding tert-OH is 1. The van der Waals surface area contributed by atoms with Crippen molar-refractivity contribution in [3.05, 3.63) is 52.4 Å². The molecule has 0 saturated heterocycles. The maximum Gasteiger partial charge on any atom is 0.282 e. The van der Waals surface area contributed by atoms with Crippen molar-refractivity contribution < 1.29 is 23.1 Å². The number of nitrogens with two attached hydrogens (primary N) is 1. The zero-order valence-corrected chi connectivity index (χ0v) is 16.0. The monoisotopic (exact) mass is 407 g/mol. The Morgan fingerprint density at radius 3 is 2.33 bits per heavy atom. The average Bonchev–Trinajstić information content (AvgIpc) is 3.20. The van der Waals surface area contributed by atoms with Crippen LogP contribution in [0.15, 0.2) is 52.4 Å². The van der Waals surface area contributed by atoms with E-state index in [0.717, 1.165) is 4.90 Å². The topological polar surface area (TPSA) is 121 Å². The number of benzene rings is 1. The Morgan fingerprint density at radius 1 is 1.15 bits per heavy atom. The molecule has 0 bridgehead atoms. The summed E-state index contributed by atoms with van der Waals surface area (Å²) in [7, 11) is -2.26. The fourth-order valence-corrected chi connectivity index (χ4v) is 4.07. The maximum atomic E-state index is 13.0. The molecule has 0 aliphatic carbocycles. The maximum absolute atomic E-state index is 13.0. The molecule has 27 heavy (non-hydrogen) atoms. The molecule has 8 nitrogen and oxygen atoms in total. The van der Waals surface area contributed by atoms with Gasteiger partial charge in [-0.15, -0.1) is 11.3 Å². The molecule has 142 valence electrons. The number of carbonyl (C=O) groups excluding carboxylic acids is 2. The average molecular weight is 407 g/mol. The summed E-state index contributed by atoms with van der Waals surface area (Å²) in [6.07, 6.45) is 0. The van der Waals surface area contributed by atoms with Crippen molar-refractivity contribution in [2.24, 2.45) is 5.14 Å². The van der Waals surface area contributed by atoms with Gasteiger partial charge in [-0.3, -0.25) is 9.59 Å². The van der Waals surface area contributed by atoms with Gasteiger partial charge in [0.05, 0.1) is 22.8 Å². The second-order valence-electron chi connectivity index (χ2n) is 5.83. The largest absolute Gasteiger partial charge is 0.395 e. The molecule has 2 heterocycles. The smallest absolute Gasteiger partial charge is 0.282 e. The Bertz CT molecular complexity index is 1010. The number of hydrogen-bond acceptors (Lipinski definition) is 7. The molecular formula is C17H17N3O5S2. The minimum absolute atomic E-state index is 0.116. The zero-order valence-electron chi connectivity index (χ0n) is 14.3. The van der Waals surface area contributed by atoms with Gasteiger partial charge in [0.25, 0.3) is 11.8 Å². The van der Waals surface area contributed by atoms with Gasteiger partial charge in [0.15, 0.2) is 0 Å². The zero-order chi connectivity index (χ0) is 19.8. The van der Waals surface area contributed by atoms with Gasteiger partial charge >= 0.3 is 0 Å². The first kappa shape index (κ1) is 19.2. The van der Waals surface area contributed by atoms with E-state index in [4.69, 9.17) is 5.14 Å². The first-order valence-electron chi connectivity index (χ1n) is 7.87. The molecule has 10 heteroatoms. The van der Waals surface area contributed by atoms with Gasteiger partial charge in [-0.25, -0.2) is 18.5 Å². The number of nitrogens with zero attached hydrogens (tertiary/aromatic N) is 2. The molecule has 3 N–H and O–H groups in total. The number of imide groups is 1. The number of likely N-dealkylation sites (N-methyl/N-ethyl adjacent to an activating group) is 1. The molecular weight excluding hydrogens is 390 g/mol. The highest BCUT2D eigenvalue weighted by molar-refractivity contribution is 7.89. The van der Waals surface area contributed by atoms with E-state index in [1.807, 2.05) is 0 Å². The molecule has 0 fully saturated rings. The van der Waals surface area contributed by atoms with E-state index in [1.165, 1.54) is 40.5 Å².